The van der Waals surface area contributed by atoms with Crippen LogP contribution in [0.5, 0.6) is 5.75 Å². The van der Waals surface area contributed by atoms with Crippen LogP contribution in [0.15, 0.2) is 79.3 Å². The molecule has 33 heavy (non-hydrogen) atoms. The van der Waals surface area contributed by atoms with Gasteiger partial charge in [0.05, 0.1) is 28.5 Å². The number of aromatic nitrogens is 4. The molecule has 3 aromatic heterocycles. The molecular weight excluding hydrogens is 408 g/mol. The Morgan fingerprint density at radius 3 is 2.39 bits per heavy atom. The van der Waals surface area contributed by atoms with Gasteiger partial charge in [0, 0.05) is 30.6 Å². The minimum Gasteiger partial charge on any atom is -0.506 e. The number of fused-ring (bicyclic) bond motifs is 1. The molecule has 5 aromatic rings. The topological polar surface area (TPSA) is 63.8 Å². The maximum absolute atomic E-state index is 10.4. The lowest BCUT2D eigenvalue weighted by molar-refractivity contribution is 0.474. The number of hydrogen-bond acceptors (Lipinski definition) is 4. The minimum atomic E-state index is -0.0223. The normalized spacial score (nSPS) is 11.8. The summed E-state index contributed by atoms with van der Waals surface area (Å²) in [5, 5.41) is 10.4. The van der Waals surface area contributed by atoms with Gasteiger partial charge in [0.2, 0.25) is 0 Å². The standard InChI is InChI=1S/C28H26N4O/c1-28(2,3)20-15-18(14-19(16-20)23-9-5-6-12-30-23)21-8-7-10-24-26(21)31-27(32(24)4)22-11-13-29-17-25(22)33/h5-17,33H,1-4H3. The van der Waals surface area contributed by atoms with Crippen molar-refractivity contribution in [2.45, 2.75) is 26.2 Å². The van der Waals surface area contributed by atoms with Crippen molar-refractivity contribution in [3.63, 3.8) is 0 Å². The van der Waals surface area contributed by atoms with E-state index in [1.807, 2.05) is 36.0 Å². The average molecular weight is 435 g/mol. The van der Waals surface area contributed by atoms with Crippen molar-refractivity contribution < 1.29 is 5.11 Å². The van der Waals surface area contributed by atoms with Crippen LogP contribution in [-0.4, -0.2) is 24.6 Å². The van der Waals surface area contributed by atoms with Gasteiger partial charge in [-0.3, -0.25) is 9.97 Å². The molecule has 1 N–H and O–H groups in total. The van der Waals surface area contributed by atoms with Crippen molar-refractivity contribution in [2.75, 3.05) is 0 Å². The first kappa shape index (κ1) is 20.9. The van der Waals surface area contributed by atoms with E-state index >= 15 is 0 Å². The van der Waals surface area contributed by atoms with E-state index < -0.39 is 0 Å². The highest BCUT2D eigenvalue weighted by Crippen LogP contribution is 2.37. The van der Waals surface area contributed by atoms with E-state index in [0.717, 1.165) is 33.4 Å². The lowest BCUT2D eigenvalue weighted by Gasteiger charge is -2.21. The van der Waals surface area contributed by atoms with Crippen LogP contribution >= 0.6 is 0 Å². The van der Waals surface area contributed by atoms with Crippen molar-refractivity contribution >= 4 is 11.0 Å². The van der Waals surface area contributed by atoms with Gasteiger partial charge in [-0.05, 0) is 52.9 Å². The van der Waals surface area contributed by atoms with E-state index in [2.05, 4.69) is 67.1 Å². The van der Waals surface area contributed by atoms with Gasteiger partial charge in [-0.25, -0.2) is 4.98 Å². The van der Waals surface area contributed by atoms with Crippen LogP contribution in [0.4, 0.5) is 0 Å². The number of hydrogen-bond donors (Lipinski definition) is 1. The van der Waals surface area contributed by atoms with E-state index in [1.54, 1.807) is 12.3 Å². The second-order valence-corrected chi connectivity index (χ2v) is 9.32. The molecule has 0 bridgehead atoms. The zero-order valence-corrected chi connectivity index (χ0v) is 19.2. The second kappa shape index (κ2) is 7.85. The molecule has 5 heteroatoms. The highest BCUT2D eigenvalue weighted by Gasteiger charge is 2.20. The largest absolute Gasteiger partial charge is 0.506 e. The van der Waals surface area contributed by atoms with Crippen LogP contribution in [-0.2, 0) is 12.5 Å². The first-order chi connectivity index (χ1) is 15.8. The molecule has 0 spiro atoms. The molecule has 0 aliphatic carbocycles. The maximum Gasteiger partial charge on any atom is 0.144 e. The predicted molar refractivity (Wildman–Crippen MR) is 133 cm³/mol. The van der Waals surface area contributed by atoms with Crippen LogP contribution in [0, 0.1) is 0 Å². The molecule has 0 radical (unpaired) electrons. The van der Waals surface area contributed by atoms with Crippen molar-refractivity contribution in [3.8, 4) is 39.5 Å². The zero-order chi connectivity index (χ0) is 23.2. The number of aromatic hydroxyl groups is 1. The number of para-hydroxylation sites is 1. The van der Waals surface area contributed by atoms with Crippen LogP contribution in [0.3, 0.4) is 0 Å². The zero-order valence-electron chi connectivity index (χ0n) is 19.2. The molecule has 5 nitrogen and oxygen atoms in total. The van der Waals surface area contributed by atoms with Gasteiger partial charge in [0.1, 0.15) is 11.6 Å². The molecule has 0 atom stereocenters. The molecule has 0 amide bonds. The van der Waals surface area contributed by atoms with Gasteiger partial charge in [-0.15, -0.1) is 0 Å². The molecule has 0 aliphatic rings. The Balaban J connectivity index is 1.76. The number of pyridine rings is 2. The lowest BCUT2D eigenvalue weighted by Crippen LogP contribution is -2.11. The fourth-order valence-electron chi connectivity index (χ4n) is 4.16. The maximum atomic E-state index is 10.4. The quantitative estimate of drug-likeness (QED) is 0.358. The summed E-state index contributed by atoms with van der Waals surface area (Å²) in [5.41, 5.74) is 7.93. The van der Waals surface area contributed by atoms with Crippen LogP contribution in [0.25, 0.3) is 44.8 Å². The molecule has 0 aliphatic heterocycles. The first-order valence-electron chi connectivity index (χ1n) is 11.0. The average Bonchev–Trinajstić information content (AvgIpc) is 3.15. The van der Waals surface area contributed by atoms with E-state index in [9.17, 15) is 5.11 Å². The second-order valence-electron chi connectivity index (χ2n) is 9.32. The third-order valence-electron chi connectivity index (χ3n) is 6.02. The Hall–Kier alpha value is -3.99. The summed E-state index contributed by atoms with van der Waals surface area (Å²) >= 11 is 0. The number of imidazole rings is 1. The van der Waals surface area contributed by atoms with E-state index in [0.29, 0.717) is 11.4 Å². The van der Waals surface area contributed by atoms with Crippen LogP contribution in [0.2, 0.25) is 0 Å². The molecule has 0 unspecified atom stereocenters. The van der Waals surface area contributed by atoms with Crippen molar-refractivity contribution in [1.29, 1.82) is 0 Å². The molecule has 3 heterocycles. The monoisotopic (exact) mass is 434 g/mol. The SMILES string of the molecule is Cn1c(-c2ccncc2O)nc2c(-c3cc(-c4ccccn4)cc(C(C)(C)C)c3)cccc21. The van der Waals surface area contributed by atoms with Crippen LogP contribution < -0.4 is 0 Å². The van der Waals surface area contributed by atoms with Gasteiger partial charge in [0.25, 0.3) is 0 Å². The highest BCUT2D eigenvalue weighted by atomic mass is 16.3. The lowest BCUT2D eigenvalue weighted by atomic mass is 9.83. The summed E-state index contributed by atoms with van der Waals surface area (Å²) in [4.78, 5) is 13.6. The fraction of sp³-hybridized carbons (Fsp3) is 0.179. The Bertz CT molecular complexity index is 1460. The van der Waals surface area contributed by atoms with E-state index in [1.165, 1.54) is 11.8 Å². The number of nitrogens with zero attached hydrogens (tertiary/aromatic N) is 4. The summed E-state index contributed by atoms with van der Waals surface area (Å²) in [7, 11) is 1.97. The molecule has 164 valence electrons. The van der Waals surface area contributed by atoms with Gasteiger partial charge in [-0.2, -0.15) is 0 Å². The first-order valence-corrected chi connectivity index (χ1v) is 11.0. The Morgan fingerprint density at radius 2 is 1.67 bits per heavy atom. The van der Waals surface area contributed by atoms with Gasteiger partial charge >= 0.3 is 0 Å². The van der Waals surface area contributed by atoms with Gasteiger partial charge in [0.15, 0.2) is 0 Å². The summed E-state index contributed by atoms with van der Waals surface area (Å²) in [6, 6.07) is 20.7. The molecule has 2 aromatic carbocycles. The summed E-state index contributed by atoms with van der Waals surface area (Å²) in [6.07, 6.45) is 4.94. The van der Waals surface area contributed by atoms with Crippen molar-refractivity contribution in [1.82, 2.24) is 19.5 Å². The molecule has 0 saturated carbocycles. The summed E-state index contributed by atoms with van der Waals surface area (Å²) in [6.45, 7) is 6.67. The molecule has 0 fully saturated rings. The van der Waals surface area contributed by atoms with Crippen molar-refractivity contribution in [3.05, 3.63) is 84.8 Å². The van der Waals surface area contributed by atoms with E-state index in [4.69, 9.17) is 4.98 Å². The summed E-state index contributed by atoms with van der Waals surface area (Å²) in [5.74, 6) is 0.818. The molecule has 5 rings (SSSR count). The predicted octanol–water partition coefficient (Wildman–Crippen LogP) is 6.37. The van der Waals surface area contributed by atoms with E-state index in [-0.39, 0.29) is 11.2 Å². The third kappa shape index (κ3) is 3.76. The Morgan fingerprint density at radius 1 is 0.848 bits per heavy atom. The summed E-state index contributed by atoms with van der Waals surface area (Å²) < 4.78 is 2.02. The number of rotatable bonds is 3. The Labute approximate surface area is 193 Å². The third-order valence-corrected chi connectivity index (χ3v) is 6.02. The Kier molecular flexibility index (Phi) is 4.97. The highest BCUT2D eigenvalue weighted by molar-refractivity contribution is 5.95. The molecule has 0 saturated heterocycles. The van der Waals surface area contributed by atoms with Crippen molar-refractivity contribution in [2.24, 2.45) is 7.05 Å². The molecular formula is C28H26N4O. The van der Waals surface area contributed by atoms with Gasteiger partial charge < -0.3 is 9.67 Å². The van der Waals surface area contributed by atoms with Gasteiger partial charge in [-0.1, -0.05) is 45.0 Å². The fourth-order valence-corrected chi connectivity index (χ4v) is 4.16. The number of aryl methyl sites for hydroxylation is 1. The van der Waals surface area contributed by atoms with Crippen LogP contribution in [0.1, 0.15) is 26.3 Å². The number of benzene rings is 2. The smallest absolute Gasteiger partial charge is 0.144 e. The minimum absolute atomic E-state index is 0.0223.